The van der Waals surface area contributed by atoms with Crippen molar-refractivity contribution >= 4 is 27.5 Å². The number of carbonyl (C=O) groups is 1. The lowest BCUT2D eigenvalue weighted by molar-refractivity contribution is -0.128. The molecule has 0 spiro atoms. The van der Waals surface area contributed by atoms with Crippen LogP contribution in [-0.2, 0) is 14.6 Å². The molecule has 1 saturated heterocycles. The second-order valence-electron chi connectivity index (χ2n) is 5.47. The summed E-state index contributed by atoms with van der Waals surface area (Å²) in [7, 11) is -1.39. The van der Waals surface area contributed by atoms with E-state index < -0.39 is 9.84 Å². The van der Waals surface area contributed by atoms with Gasteiger partial charge in [0.2, 0.25) is 11.8 Å². The van der Waals surface area contributed by atoms with Crippen LogP contribution in [0.15, 0.2) is 34.2 Å². The zero-order valence-corrected chi connectivity index (χ0v) is 14.6. The van der Waals surface area contributed by atoms with Gasteiger partial charge in [-0.3, -0.25) is 9.78 Å². The van der Waals surface area contributed by atoms with Crippen LogP contribution in [0.5, 0.6) is 0 Å². The SMILES string of the molecule is CN(C(=O)CSc1nnc(-c2cccnc2)o1)[C@H]1CCS(=O)(=O)C1. The van der Waals surface area contributed by atoms with Crippen LogP contribution >= 0.6 is 11.8 Å². The Hall–Kier alpha value is -1.94. The highest BCUT2D eigenvalue weighted by atomic mass is 32.2. The Kier molecular flexibility index (Phi) is 4.86. The minimum atomic E-state index is -3.02. The Balaban J connectivity index is 1.56. The summed E-state index contributed by atoms with van der Waals surface area (Å²) >= 11 is 1.13. The largest absolute Gasteiger partial charge is 0.411 e. The lowest BCUT2D eigenvalue weighted by Crippen LogP contribution is -2.38. The van der Waals surface area contributed by atoms with Gasteiger partial charge in [-0.05, 0) is 18.6 Å². The number of thioether (sulfide) groups is 1. The van der Waals surface area contributed by atoms with Crippen LogP contribution in [-0.4, -0.2) is 64.8 Å². The van der Waals surface area contributed by atoms with E-state index in [1.165, 1.54) is 4.90 Å². The summed E-state index contributed by atoms with van der Waals surface area (Å²) in [5.74, 6) is 0.463. The number of carbonyl (C=O) groups excluding carboxylic acids is 1. The number of aromatic nitrogens is 3. The Morgan fingerprint density at radius 1 is 1.46 bits per heavy atom. The van der Waals surface area contributed by atoms with Crippen molar-refractivity contribution in [3.63, 3.8) is 0 Å². The van der Waals surface area contributed by atoms with Crippen LogP contribution in [0.25, 0.3) is 11.5 Å². The Bertz CT molecular complexity index is 822. The van der Waals surface area contributed by atoms with Crippen LogP contribution in [0.1, 0.15) is 6.42 Å². The Morgan fingerprint density at radius 2 is 2.29 bits per heavy atom. The third-order valence-electron chi connectivity index (χ3n) is 3.78. The number of amides is 1. The zero-order valence-electron chi connectivity index (χ0n) is 13.0. The summed E-state index contributed by atoms with van der Waals surface area (Å²) in [6.45, 7) is 0. The average Bonchev–Trinajstić information content (AvgIpc) is 3.19. The van der Waals surface area contributed by atoms with Gasteiger partial charge in [0.15, 0.2) is 9.84 Å². The first-order chi connectivity index (χ1) is 11.4. The molecule has 0 bridgehead atoms. The van der Waals surface area contributed by atoms with Crippen molar-refractivity contribution in [3.05, 3.63) is 24.5 Å². The fourth-order valence-electron chi connectivity index (χ4n) is 2.38. The second-order valence-corrected chi connectivity index (χ2v) is 8.62. The topological polar surface area (TPSA) is 106 Å². The lowest BCUT2D eigenvalue weighted by Gasteiger charge is -2.22. The molecule has 0 aromatic carbocycles. The van der Waals surface area contributed by atoms with Crippen LogP contribution in [0.3, 0.4) is 0 Å². The molecule has 2 aromatic rings. The van der Waals surface area contributed by atoms with E-state index >= 15 is 0 Å². The van der Waals surface area contributed by atoms with Crippen molar-refractivity contribution < 1.29 is 17.6 Å². The van der Waals surface area contributed by atoms with E-state index in [2.05, 4.69) is 15.2 Å². The number of sulfone groups is 1. The van der Waals surface area contributed by atoms with Crippen LogP contribution in [0, 0.1) is 0 Å². The molecule has 128 valence electrons. The molecule has 1 aliphatic rings. The summed E-state index contributed by atoms with van der Waals surface area (Å²) in [6.07, 6.45) is 3.75. The molecular formula is C14H16N4O4S2. The summed E-state index contributed by atoms with van der Waals surface area (Å²) in [4.78, 5) is 17.7. The van der Waals surface area contributed by atoms with Crippen LogP contribution < -0.4 is 0 Å². The average molecular weight is 368 g/mol. The predicted molar refractivity (Wildman–Crippen MR) is 88.1 cm³/mol. The fraction of sp³-hybridized carbons (Fsp3) is 0.429. The molecule has 0 saturated carbocycles. The first kappa shape index (κ1) is 16.9. The molecule has 3 heterocycles. The highest BCUT2D eigenvalue weighted by Gasteiger charge is 2.32. The van der Waals surface area contributed by atoms with Gasteiger partial charge in [0.05, 0.1) is 22.8 Å². The van der Waals surface area contributed by atoms with Crippen LogP contribution in [0.2, 0.25) is 0 Å². The third kappa shape index (κ3) is 3.93. The highest BCUT2D eigenvalue weighted by Crippen LogP contribution is 2.23. The maximum Gasteiger partial charge on any atom is 0.277 e. The molecule has 8 nitrogen and oxygen atoms in total. The molecule has 0 unspecified atom stereocenters. The molecule has 1 fully saturated rings. The van der Waals surface area contributed by atoms with E-state index in [0.717, 1.165) is 11.8 Å². The van der Waals surface area contributed by atoms with Crippen molar-refractivity contribution in [1.29, 1.82) is 0 Å². The normalized spacial score (nSPS) is 19.3. The van der Waals surface area contributed by atoms with Crippen molar-refractivity contribution in [2.24, 2.45) is 0 Å². The molecule has 2 aromatic heterocycles. The molecule has 10 heteroatoms. The molecule has 1 amide bonds. The Labute approximate surface area is 143 Å². The van der Waals surface area contributed by atoms with Gasteiger partial charge in [-0.15, -0.1) is 10.2 Å². The summed E-state index contributed by atoms with van der Waals surface area (Å²) in [6, 6.07) is 3.31. The van der Waals surface area contributed by atoms with E-state index in [4.69, 9.17) is 4.42 Å². The smallest absolute Gasteiger partial charge is 0.277 e. The minimum absolute atomic E-state index is 0.0334. The van der Waals surface area contributed by atoms with Gasteiger partial charge in [0.25, 0.3) is 5.22 Å². The van der Waals surface area contributed by atoms with Crippen molar-refractivity contribution in [3.8, 4) is 11.5 Å². The van der Waals surface area contributed by atoms with Gasteiger partial charge in [0.1, 0.15) is 0 Å². The molecule has 0 aliphatic carbocycles. The number of hydrogen-bond acceptors (Lipinski definition) is 8. The quantitative estimate of drug-likeness (QED) is 0.716. The monoisotopic (exact) mass is 368 g/mol. The number of hydrogen-bond donors (Lipinski definition) is 0. The summed E-state index contributed by atoms with van der Waals surface area (Å²) in [5, 5.41) is 8.11. The summed E-state index contributed by atoms with van der Waals surface area (Å²) < 4.78 is 28.5. The molecule has 3 rings (SSSR count). The van der Waals surface area contributed by atoms with E-state index in [1.807, 2.05) is 0 Å². The standard InChI is InChI=1S/C14H16N4O4S2/c1-18(11-4-6-24(20,21)9-11)12(19)8-23-14-17-16-13(22-14)10-3-2-5-15-7-10/h2-3,5,7,11H,4,6,8-9H2,1H3/t11-/m0/s1. The van der Waals surface area contributed by atoms with Gasteiger partial charge in [-0.2, -0.15) is 0 Å². The lowest BCUT2D eigenvalue weighted by atomic mass is 10.2. The molecule has 24 heavy (non-hydrogen) atoms. The van der Waals surface area contributed by atoms with Crippen molar-refractivity contribution in [2.75, 3.05) is 24.3 Å². The number of nitrogens with zero attached hydrogens (tertiary/aromatic N) is 4. The van der Waals surface area contributed by atoms with E-state index in [9.17, 15) is 13.2 Å². The van der Waals surface area contributed by atoms with Crippen molar-refractivity contribution in [1.82, 2.24) is 20.1 Å². The van der Waals surface area contributed by atoms with Gasteiger partial charge < -0.3 is 9.32 Å². The maximum absolute atomic E-state index is 12.2. The number of pyridine rings is 1. The molecule has 0 N–H and O–H groups in total. The van der Waals surface area contributed by atoms with E-state index in [1.54, 1.807) is 31.6 Å². The van der Waals surface area contributed by atoms with Crippen LogP contribution in [0.4, 0.5) is 0 Å². The van der Waals surface area contributed by atoms with Crippen molar-refractivity contribution in [2.45, 2.75) is 17.7 Å². The maximum atomic E-state index is 12.2. The van der Waals surface area contributed by atoms with Gasteiger partial charge in [-0.25, -0.2) is 8.42 Å². The van der Waals surface area contributed by atoms with E-state index in [0.29, 0.717) is 17.9 Å². The predicted octanol–water partition coefficient (Wildman–Crippen LogP) is 0.869. The fourth-order valence-corrected chi connectivity index (χ4v) is 4.85. The molecule has 1 atom stereocenters. The van der Waals surface area contributed by atoms with Gasteiger partial charge in [-0.1, -0.05) is 11.8 Å². The second kappa shape index (κ2) is 6.89. The highest BCUT2D eigenvalue weighted by molar-refractivity contribution is 7.99. The number of rotatable bonds is 5. The van der Waals surface area contributed by atoms with Gasteiger partial charge >= 0.3 is 0 Å². The Morgan fingerprint density at radius 3 is 2.96 bits per heavy atom. The summed E-state index contributed by atoms with van der Waals surface area (Å²) in [5.41, 5.74) is 0.705. The zero-order chi connectivity index (χ0) is 17.2. The molecule has 1 aliphatic heterocycles. The van der Waals surface area contributed by atoms with E-state index in [-0.39, 0.29) is 34.4 Å². The third-order valence-corrected chi connectivity index (χ3v) is 6.34. The first-order valence-corrected chi connectivity index (χ1v) is 10.1. The molecular weight excluding hydrogens is 352 g/mol. The minimum Gasteiger partial charge on any atom is -0.411 e. The first-order valence-electron chi connectivity index (χ1n) is 7.27. The molecule has 0 radical (unpaired) electrons. The van der Waals surface area contributed by atoms with Gasteiger partial charge in [0, 0.05) is 25.5 Å².